The molecule has 0 spiro atoms. The van der Waals surface area contributed by atoms with Gasteiger partial charge in [0.1, 0.15) is 6.61 Å². The van der Waals surface area contributed by atoms with Gasteiger partial charge in [0.25, 0.3) is 0 Å². The van der Waals surface area contributed by atoms with Gasteiger partial charge in [-0.15, -0.1) is 0 Å². The highest BCUT2D eigenvalue weighted by atomic mass is 16.6. The van der Waals surface area contributed by atoms with Crippen molar-refractivity contribution in [1.29, 1.82) is 0 Å². The fourth-order valence-corrected chi connectivity index (χ4v) is 2.56. The summed E-state index contributed by atoms with van der Waals surface area (Å²) in [7, 11) is 3.38. The second-order valence-electron chi connectivity index (χ2n) is 5.41. The highest BCUT2D eigenvalue weighted by Gasteiger charge is 2.26. The fourth-order valence-electron chi connectivity index (χ4n) is 2.56. The second-order valence-corrected chi connectivity index (χ2v) is 5.41. The van der Waals surface area contributed by atoms with Crippen molar-refractivity contribution < 1.29 is 9.53 Å². The maximum absolute atomic E-state index is 11.4. The molecule has 0 saturated carbocycles. The molecular weight excluding hydrogens is 254 g/mol. The topological polar surface area (TPSA) is 45.7 Å². The Labute approximate surface area is 120 Å². The number of ether oxygens (including phenoxy) is 1. The summed E-state index contributed by atoms with van der Waals surface area (Å²) in [5.74, 6) is 0. The number of carbonyl (C=O) groups is 1. The van der Waals surface area contributed by atoms with Crippen LogP contribution in [0.1, 0.15) is 30.3 Å². The molecule has 110 valence electrons. The van der Waals surface area contributed by atoms with Crippen molar-refractivity contribution >= 4 is 6.09 Å². The van der Waals surface area contributed by atoms with Gasteiger partial charge in [-0.1, -0.05) is 6.07 Å². The van der Waals surface area contributed by atoms with E-state index in [-0.39, 0.29) is 6.09 Å². The lowest BCUT2D eigenvalue weighted by Crippen LogP contribution is -2.31. The molecule has 0 bridgehead atoms. The first-order valence-electron chi connectivity index (χ1n) is 7.09. The number of nitrogens with zero attached hydrogens (tertiary/aromatic N) is 3. The van der Waals surface area contributed by atoms with E-state index in [1.54, 1.807) is 14.1 Å². The standard InChI is InChI=1S/C15H23N3O2/c1-12-6-4-7-13(16-12)14-8-5-9-18(14)10-11-20-15(19)17(2)3/h4,6-7,14H,5,8-11H2,1-3H3. The van der Waals surface area contributed by atoms with E-state index in [9.17, 15) is 4.79 Å². The van der Waals surface area contributed by atoms with Crippen molar-refractivity contribution in [3.05, 3.63) is 29.6 Å². The van der Waals surface area contributed by atoms with Gasteiger partial charge >= 0.3 is 6.09 Å². The Morgan fingerprint density at radius 2 is 2.30 bits per heavy atom. The van der Waals surface area contributed by atoms with Gasteiger partial charge in [0.15, 0.2) is 0 Å². The first-order chi connectivity index (χ1) is 9.58. The number of aryl methyl sites for hydroxylation is 1. The average molecular weight is 277 g/mol. The second kappa shape index (κ2) is 6.70. The zero-order chi connectivity index (χ0) is 14.5. The molecule has 1 saturated heterocycles. The van der Waals surface area contributed by atoms with Crippen LogP contribution in [0.2, 0.25) is 0 Å². The van der Waals surface area contributed by atoms with Gasteiger partial charge in [-0.25, -0.2) is 4.79 Å². The van der Waals surface area contributed by atoms with Gasteiger partial charge < -0.3 is 9.64 Å². The van der Waals surface area contributed by atoms with Crippen LogP contribution < -0.4 is 0 Å². The van der Waals surface area contributed by atoms with Crippen LogP contribution in [0, 0.1) is 6.92 Å². The third-order valence-corrected chi connectivity index (χ3v) is 3.58. The van der Waals surface area contributed by atoms with E-state index >= 15 is 0 Å². The summed E-state index contributed by atoms with van der Waals surface area (Å²) in [4.78, 5) is 19.8. The molecule has 5 heteroatoms. The van der Waals surface area contributed by atoms with Crippen LogP contribution in [0.15, 0.2) is 18.2 Å². The van der Waals surface area contributed by atoms with E-state index < -0.39 is 0 Å². The summed E-state index contributed by atoms with van der Waals surface area (Å²) in [6.07, 6.45) is 2.01. The Kier molecular flexibility index (Phi) is 4.95. The predicted octanol–water partition coefficient (Wildman–Crippen LogP) is 2.23. The van der Waals surface area contributed by atoms with E-state index in [2.05, 4.69) is 22.0 Å². The molecule has 0 radical (unpaired) electrons. The lowest BCUT2D eigenvalue weighted by molar-refractivity contribution is 0.101. The maximum atomic E-state index is 11.4. The largest absolute Gasteiger partial charge is 0.448 e. The SMILES string of the molecule is Cc1cccc(C2CCCN2CCOC(=O)N(C)C)n1. The molecule has 1 aromatic rings. The monoisotopic (exact) mass is 277 g/mol. The number of carbonyl (C=O) groups excluding carboxylic acids is 1. The molecule has 0 aromatic carbocycles. The van der Waals surface area contributed by atoms with Gasteiger partial charge in [0.2, 0.25) is 0 Å². The van der Waals surface area contributed by atoms with E-state index in [0.29, 0.717) is 12.6 Å². The minimum atomic E-state index is -0.283. The first kappa shape index (κ1) is 14.8. The highest BCUT2D eigenvalue weighted by molar-refractivity contribution is 5.66. The van der Waals surface area contributed by atoms with Gasteiger partial charge in [-0.2, -0.15) is 0 Å². The smallest absolute Gasteiger partial charge is 0.409 e. The minimum absolute atomic E-state index is 0.283. The number of aromatic nitrogens is 1. The molecule has 1 aliphatic rings. The fraction of sp³-hybridized carbons (Fsp3) is 0.600. The number of pyridine rings is 1. The molecule has 0 N–H and O–H groups in total. The summed E-state index contributed by atoms with van der Waals surface area (Å²) in [6, 6.07) is 6.51. The molecular formula is C15H23N3O2. The first-order valence-corrected chi connectivity index (χ1v) is 7.09. The van der Waals surface area contributed by atoms with Crippen LogP contribution in [-0.4, -0.2) is 54.7 Å². The van der Waals surface area contributed by atoms with Crippen LogP contribution >= 0.6 is 0 Å². The van der Waals surface area contributed by atoms with Crippen molar-refractivity contribution in [3.63, 3.8) is 0 Å². The van der Waals surface area contributed by atoms with Crippen LogP contribution in [-0.2, 0) is 4.74 Å². The molecule has 1 fully saturated rings. The van der Waals surface area contributed by atoms with Crippen LogP contribution in [0.3, 0.4) is 0 Å². The third-order valence-electron chi connectivity index (χ3n) is 3.58. The van der Waals surface area contributed by atoms with Gasteiger partial charge in [-0.3, -0.25) is 9.88 Å². The number of likely N-dealkylation sites (tertiary alicyclic amines) is 1. The molecule has 2 heterocycles. The number of amides is 1. The van der Waals surface area contributed by atoms with Crippen molar-refractivity contribution in [3.8, 4) is 0 Å². The lowest BCUT2D eigenvalue weighted by atomic mass is 10.1. The van der Waals surface area contributed by atoms with Crippen molar-refractivity contribution in [2.45, 2.75) is 25.8 Å². The predicted molar refractivity (Wildman–Crippen MR) is 77.6 cm³/mol. The molecule has 1 unspecified atom stereocenters. The van der Waals surface area contributed by atoms with Crippen molar-refractivity contribution in [2.24, 2.45) is 0 Å². The van der Waals surface area contributed by atoms with Crippen LogP contribution in [0.25, 0.3) is 0 Å². The third kappa shape index (κ3) is 3.70. The molecule has 1 atom stereocenters. The summed E-state index contributed by atoms with van der Waals surface area (Å²) < 4.78 is 5.20. The molecule has 20 heavy (non-hydrogen) atoms. The quantitative estimate of drug-likeness (QED) is 0.846. The normalized spacial score (nSPS) is 19.1. The molecule has 2 rings (SSSR count). The van der Waals surface area contributed by atoms with Crippen molar-refractivity contribution in [2.75, 3.05) is 33.8 Å². The van der Waals surface area contributed by atoms with E-state index in [0.717, 1.165) is 30.9 Å². The average Bonchev–Trinajstić information content (AvgIpc) is 2.87. The maximum Gasteiger partial charge on any atom is 0.409 e. The van der Waals surface area contributed by atoms with E-state index in [4.69, 9.17) is 4.74 Å². The molecule has 1 aromatic heterocycles. The molecule has 1 amide bonds. The summed E-state index contributed by atoms with van der Waals surface area (Å²) in [5, 5.41) is 0. The van der Waals surface area contributed by atoms with Gasteiger partial charge in [-0.05, 0) is 38.4 Å². The number of hydrogen-bond donors (Lipinski definition) is 0. The molecule has 1 aliphatic heterocycles. The summed E-state index contributed by atoms with van der Waals surface area (Å²) >= 11 is 0. The van der Waals surface area contributed by atoms with Gasteiger partial charge in [0, 0.05) is 26.3 Å². The van der Waals surface area contributed by atoms with Crippen LogP contribution in [0.4, 0.5) is 4.79 Å². The number of hydrogen-bond acceptors (Lipinski definition) is 4. The van der Waals surface area contributed by atoms with E-state index in [1.807, 2.05) is 13.0 Å². The molecule has 0 aliphatic carbocycles. The Morgan fingerprint density at radius 3 is 3.00 bits per heavy atom. The highest BCUT2D eigenvalue weighted by Crippen LogP contribution is 2.30. The zero-order valence-electron chi connectivity index (χ0n) is 12.5. The Morgan fingerprint density at radius 1 is 1.50 bits per heavy atom. The van der Waals surface area contributed by atoms with Crippen molar-refractivity contribution in [1.82, 2.24) is 14.8 Å². The lowest BCUT2D eigenvalue weighted by Gasteiger charge is -2.24. The summed E-state index contributed by atoms with van der Waals surface area (Å²) in [6.45, 7) is 4.25. The van der Waals surface area contributed by atoms with E-state index in [1.165, 1.54) is 11.3 Å². The van der Waals surface area contributed by atoms with Crippen LogP contribution in [0.5, 0.6) is 0 Å². The molecule has 5 nitrogen and oxygen atoms in total. The zero-order valence-corrected chi connectivity index (χ0v) is 12.5. The Balaban J connectivity index is 1.89. The van der Waals surface area contributed by atoms with Gasteiger partial charge in [0.05, 0.1) is 11.7 Å². The summed E-state index contributed by atoms with van der Waals surface area (Å²) in [5.41, 5.74) is 2.18. The Bertz CT molecular complexity index is 462. The Hall–Kier alpha value is -1.62. The number of rotatable bonds is 4. The minimum Gasteiger partial charge on any atom is -0.448 e.